The van der Waals surface area contributed by atoms with E-state index in [-0.39, 0.29) is 17.6 Å². The maximum Gasteiger partial charge on any atom is 0.333 e. The van der Waals surface area contributed by atoms with Gasteiger partial charge in [-0.15, -0.1) is 0 Å². The lowest BCUT2D eigenvalue weighted by atomic mass is 9.94. The minimum atomic E-state index is -2.75. The van der Waals surface area contributed by atoms with Crippen LogP contribution in [-0.2, 0) is 4.79 Å². The van der Waals surface area contributed by atoms with Crippen LogP contribution in [0, 0.1) is 5.82 Å². The molecule has 0 spiro atoms. The Morgan fingerprint density at radius 1 is 1.13 bits per heavy atom. The van der Waals surface area contributed by atoms with E-state index < -0.39 is 6.55 Å². The lowest BCUT2D eigenvalue weighted by Crippen LogP contribution is -2.26. The molecule has 4 rings (SSSR count). The molecule has 0 unspecified atom stereocenters. The van der Waals surface area contributed by atoms with Crippen molar-refractivity contribution in [1.82, 2.24) is 19.7 Å². The van der Waals surface area contributed by atoms with Gasteiger partial charge in [0.15, 0.2) is 0 Å². The third-order valence-corrected chi connectivity index (χ3v) is 5.23. The van der Waals surface area contributed by atoms with Crippen molar-refractivity contribution in [3.63, 3.8) is 0 Å². The highest BCUT2D eigenvalue weighted by Gasteiger charge is 2.29. The highest BCUT2D eigenvalue weighted by molar-refractivity contribution is 5.87. The topological polar surface area (TPSA) is 51.0 Å². The zero-order valence-corrected chi connectivity index (χ0v) is 16.0. The molecular weight excluding hydrogens is 393 g/mol. The molecule has 1 aliphatic rings. The van der Waals surface area contributed by atoms with Gasteiger partial charge in [0.1, 0.15) is 11.5 Å². The Hall–Kier alpha value is -3.42. The van der Waals surface area contributed by atoms with Crippen molar-refractivity contribution in [2.24, 2.45) is 0 Å². The minimum Gasteiger partial charge on any atom is -0.339 e. The van der Waals surface area contributed by atoms with E-state index in [0.29, 0.717) is 40.4 Å². The molecule has 2 aromatic heterocycles. The fourth-order valence-corrected chi connectivity index (χ4v) is 3.70. The molecular formula is C22H19F3N4O. The Morgan fingerprint density at radius 2 is 1.90 bits per heavy atom. The van der Waals surface area contributed by atoms with Crippen molar-refractivity contribution >= 4 is 5.91 Å². The minimum absolute atomic E-state index is 0.00429. The second-order valence-corrected chi connectivity index (χ2v) is 7.07. The summed E-state index contributed by atoms with van der Waals surface area (Å²) in [5.74, 6) is -0.503. The summed E-state index contributed by atoms with van der Waals surface area (Å²) < 4.78 is 40.0. The summed E-state index contributed by atoms with van der Waals surface area (Å²) in [4.78, 5) is 18.3. The summed E-state index contributed by atoms with van der Waals surface area (Å²) in [5, 5.41) is 3.98. The number of carbonyl (C=O) groups is 1. The van der Waals surface area contributed by atoms with Crippen LogP contribution in [0.4, 0.5) is 13.2 Å². The molecule has 5 nitrogen and oxygen atoms in total. The van der Waals surface area contributed by atoms with Crippen molar-refractivity contribution in [2.45, 2.75) is 18.9 Å². The first kappa shape index (κ1) is 19.9. The van der Waals surface area contributed by atoms with Crippen LogP contribution < -0.4 is 0 Å². The van der Waals surface area contributed by atoms with Crippen LogP contribution in [-0.4, -0.2) is 38.7 Å². The molecule has 0 saturated carbocycles. The number of benzene rings is 1. The van der Waals surface area contributed by atoms with E-state index in [2.05, 4.69) is 16.7 Å². The average molecular weight is 412 g/mol. The Morgan fingerprint density at radius 3 is 2.57 bits per heavy atom. The van der Waals surface area contributed by atoms with E-state index in [1.807, 2.05) is 12.1 Å². The van der Waals surface area contributed by atoms with Crippen LogP contribution in [0.3, 0.4) is 0 Å². The monoisotopic (exact) mass is 412 g/mol. The fraction of sp³-hybridized carbons (Fsp3) is 0.227. The van der Waals surface area contributed by atoms with Gasteiger partial charge in [0, 0.05) is 30.8 Å². The summed E-state index contributed by atoms with van der Waals surface area (Å²) in [5.41, 5.74) is 2.92. The number of hydrogen-bond donors (Lipinski definition) is 0. The molecule has 0 N–H and O–H groups in total. The number of alkyl halides is 2. The SMILES string of the molecule is C=CC(=O)N1CC[C@@H](c2ccc(-c3ccc(F)cc3)nc2-c2ccn(C(F)F)n2)C1. The second kappa shape index (κ2) is 8.14. The smallest absolute Gasteiger partial charge is 0.333 e. The molecule has 1 fully saturated rings. The Labute approximate surface area is 171 Å². The van der Waals surface area contributed by atoms with Gasteiger partial charge in [0.2, 0.25) is 5.91 Å². The first-order chi connectivity index (χ1) is 14.5. The molecule has 3 aromatic rings. The molecule has 0 aliphatic carbocycles. The first-order valence-electron chi connectivity index (χ1n) is 9.48. The van der Waals surface area contributed by atoms with Gasteiger partial charge in [-0.1, -0.05) is 12.6 Å². The number of carbonyl (C=O) groups excluding carboxylic acids is 1. The highest BCUT2D eigenvalue weighted by atomic mass is 19.3. The van der Waals surface area contributed by atoms with Crippen molar-refractivity contribution < 1.29 is 18.0 Å². The number of nitrogens with zero attached hydrogens (tertiary/aromatic N) is 4. The molecule has 1 aromatic carbocycles. The van der Waals surface area contributed by atoms with Crippen molar-refractivity contribution in [1.29, 1.82) is 0 Å². The molecule has 1 amide bonds. The zero-order valence-electron chi connectivity index (χ0n) is 16.0. The zero-order chi connectivity index (χ0) is 21.3. The molecule has 0 radical (unpaired) electrons. The molecule has 8 heteroatoms. The predicted octanol–water partition coefficient (Wildman–Crippen LogP) is 4.65. The van der Waals surface area contributed by atoms with E-state index in [1.165, 1.54) is 30.5 Å². The molecule has 154 valence electrons. The van der Waals surface area contributed by atoms with Gasteiger partial charge in [-0.2, -0.15) is 13.9 Å². The van der Waals surface area contributed by atoms with Gasteiger partial charge in [0.25, 0.3) is 0 Å². The molecule has 1 aliphatic heterocycles. The number of rotatable bonds is 5. The lowest BCUT2D eigenvalue weighted by molar-refractivity contribution is -0.125. The largest absolute Gasteiger partial charge is 0.339 e. The van der Waals surface area contributed by atoms with Gasteiger partial charge in [-0.05, 0) is 54.5 Å². The van der Waals surface area contributed by atoms with E-state index >= 15 is 0 Å². The van der Waals surface area contributed by atoms with Gasteiger partial charge in [0.05, 0.1) is 11.4 Å². The van der Waals surface area contributed by atoms with Crippen LogP contribution in [0.15, 0.2) is 61.3 Å². The Balaban J connectivity index is 1.76. The fourth-order valence-electron chi connectivity index (χ4n) is 3.70. The van der Waals surface area contributed by atoms with Crippen molar-refractivity contribution in [3.05, 3.63) is 72.7 Å². The van der Waals surface area contributed by atoms with Gasteiger partial charge in [-0.3, -0.25) is 4.79 Å². The lowest BCUT2D eigenvalue weighted by Gasteiger charge is -2.17. The molecule has 1 atom stereocenters. The van der Waals surface area contributed by atoms with Crippen LogP contribution in [0.25, 0.3) is 22.6 Å². The standard InChI is InChI=1S/C22H19F3N4O/c1-2-20(30)28-11-9-15(13-28)17-7-8-18(14-3-5-16(23)6-4-14)26-21(17)19-10-12-29(27-19)22(24)25/h2-8,10,12,15,22H,1,9,11,13H2/t15-/m1/s1. The summed E-state index contributed by atoms with van der Waals surface area (Å²) >= 11 is 0. The van der Waals surface area contributed by atoms with Crippen LogP contribution in [0.2, 0.25) is 0 Å². The van der Waals surface area contributed by atoms with Crippen LogP contribution in [0.1, 0.15) is 24.5 Å². The van der Waals surface area contributed by atoms with E-state index in [4.69, 9.17) is 0 Å². The first-order valence-corrected chi connectivity index (χ1v) is 9.48. The van der Waals surface area contributed by atoms with Gasteiger partial charge in [-0.25, -0.2) is 14.1 Å². The second-order valence-electron chi connectivity index (χ2n) is 7.07. The quantitative estimate of drug-likeness (QED) is 0.574. The van der Waals surface area contributed by atoms with Gasteiger partial charge >= 0.3 is 6.55 Å². The van der Waals surface area contributed by atoms with Gasteiger partial charge < -0.3 is 4.90 Å². The average Bonchev–Trinajstić information content (AvgIpc) is 3.43. The summed E-state index contributed by atoms with van der Waals surface area (Å²) in [7, 11) is 0. The Bertz CT molecular complexity index is 1080. The van der Waals surface area contributed by atoms with E-state index in [9.17, 15) is 18.0 Å². The normalized spacial score (nSPS) is 16.3. The van der Waals surface area contributed by atoms with Crippen molar-refractivity contribution in [2.75, 3.05) is 13.1 Å². The third-order valence-electron chi connectivity index (χ3n) is 5.23. The number of aromatic nitrogens is 3. The summed E-state index contributed by atoms with van der Waals surface area (Å²) in [6, 6.07) is 11.1. The number of amides is 1. The maximum atomic E-state index is 13.3. The predicted molar refractivity (Wildman–Crippen MR) is 106 cm³/mol. The highest BCUT2D eigenvalue weighted by Crippen LogP contribution is 2.35. The number of halogens is 3. The molecule has 3 heterocycles. The van der Waals surface area contributed by atoms with Crippen LogP contribution >= 0.6 is 0 Å². The summed E-state index contributed by atoms with van der Waals surface area (Å²) in [6.45, 7) is 1.84. The number of pyridine rings is 1. The number of hydrogen-bond acceptors (Lipinski definition) is 3. The van der Waals surface area contributed by atoms with Crippen LogP contribution in [0.5, 0.6) is 0 Å². The third kappa shape index (κ3) is 3.85. The molecule has 1 saturated heterocycles. The number of likely N-dealkylation sites (tertiary alicyclic amines) is 1. The van der Waals surface area contributed by atoms with Crippen molar-refractivity contribution in [3.8, 4) is 22.6 Å². The maximum absolute atomic E-state index is 13.3. The molecule has 30 heavy (non-hydrogen) atoms. The van der Waals surface area contributed by atoms with E-state index in [0.717, 1.165) is 12.0 Å². The Kier molecular flexibility index (Phi) is 5.39. The summed E-state index contributed by atoms with van der Waals surface area (Å²) in [6.07, 6.45) is 3.21. The van der Waals surface area contributed by atoms with E-state index in [1.54, 1.807) is 17.0 Å². The molecule has 0 bridgehead atoms.